The lowest BCUT2D eigenvalue weighted by Gasteiger charge is -2.44. The van der Waals surface area contributed by atoms with Crippen molar-refractivity contribution in [2.45, 2.75) is 133 Å². The number of allylic oxidation sites excluding steroid dienone is 6. The van der Waals surface area contributed by atoms with Gasteiger partial charge in [-0.15, -0.1) is 11.8 Å². The Bertz CT molecular complexity index is 4250. The van der Waals surface area contributed by atoms with E-state index in [-0.39, 0.29) is 28.0 Å². The van der Waals surface area contributed by atoms with Gasteiger partial charge in [0.25, 0.3) is 40.5 Å². The van der Waals surface area contributed by atoms with Crippen LogP contribution in [0, 0.1) is 0 Å². The second-order valence-electron chi connectivity index (χ2n) is 22.5. The average molecular weight is 1250 g/mol. The van der Waals surface area contributed by atoms with E-state index in [0.717, 1.165) is 11.8 Å². The van der Waals surface area contributed by atoms with Gasteiger partial charge in [-0.25, -0.2) is 4.79 Å². The molecule has 27 heteroatoms. The number of hydrogen-bond donors (Lipinski definition) is 7. The maximum atomic E-state index is 13.9. The van der Waals surface area contributed by atoms with Gasteiger partial charge in [-0.2, -0.15) is 38.2 Å². The summed E-state index contributed by atoms with van der Waals surface area (Å²) in [5.41, 5.74) is 2.09. The molecule has 84 heavy (non-hydrogen) atoms. The molecule has 22 nitrogen and oxygen atoms in total. The number of fused-ring (bicyclic) bond motifs is 7. The first-order valence-electron chi connectivity index (χ1n) is 26.5. The van der Waals surface area contributed by atoms with Crippen molar-refractivity contribution < 1.29 is 80.7 Å². The number of β-lactam (4-membered cyclic amide) rings is 1. The van der Waals surface area contributed by atoms with E-state index in [1.165, 1.54) is 34.9 Å². The first-order chi connectivity index (χ1) is 39.0. The Balaban J connectivity index is 0.987. The fourth-order valence-corrected chi connectivity index (χ4v) is 16.5. The van der Waals surface area contributed by atoms with Crippen molar-refractivity contribution in [3.05, 3.63) is 132 Å². The molecule has 4 aliphatic rings. The summed E-state index contributed by atoms with van der Waals surface area (Å²) in [5.74, 6) is -2.79. The smallest absolute Gasteiger partial charge is 0.327 e. The van der Waals surface area contributed by atoms with Crippen LogP contribution < -0.4 is 15.5 Å². The van der Waals surface area contributed by atoms with Gasteiger partial charge in [-0.05, 0) is 112 Å². The number of rotatable bonds is 19. The Morgan fingerprint density at radius 3 is 1.85 bits per heavy atom. The molecule has 0 aliphatic carbocycles. The fourth-order valence-electron chi connectivity index (χ4n) is 12.2. The predicted molar refractivity (Wildman–Crippen MR) is 314 cm³/mol. The Labute approximate surface area is 490 Å². The number of benzene rings is 5. The molecular weight excluding hydrogens is 1190 g/mol. The molecule has 3 amide bonds. The van der Waals surface area contributed by atoms with Crippen molar-refractivity contribution in [2.75, 3.05) is 18.0 Å². The number of aliphatic carboxylic acids is 1. The van der Waals surface area contributed by atoms with Gasteiger partial charge in [0.15, 0.2) is 5.71 Å². The molecule has 1 unspecified atom stereocenters. The second kappa shape index (κ2) is 21.9. The van der Waals surface area contributed by atoms with E-state index in [1.807, 2.05) is 56.2 Å². The highest BCUT2D eigenvalue weighted by atomic mass is 32.2. The number of carboxylic acid groups (broad SMARTS) is 1. The van der Waals surface area contributed by atoms with Crippen LogP contribution in [0.4, 0.5) is 11.4 Å². The summed E-state index contributed by atoms with van der Waals surface area (Å²) in [6.45, 7) is 13.5. The first kappa shape index (κ1) is 61.7. The predicted octanol–water partition coefficient (Wildman–Crippen LogP) is 7.22. The van der Waals surface area contributed by atoms with E-state index in [0.29, 0.717) is 78.3 Å². The van der Waals surface area contributed by atoms with Crippen molar-refractivity contribution in [3.8, 4) is 0 Å². The van der Waals surface area contributed by atoms with Gasteiger partial charge in [0.05, 0.1) is 15.2 Å². The van der Waals surface area contributed by atoms with Crippen molar-refractivity contribution >= 4 is 115 Å². The number of likely N-dealkylation sites (N-methyl/N-ethyl adjacent to an activating group) is 1. The van der Waals surface area contributed by atoms with E-state index in [2.05, 4.69) is 10.6 Å². The molecule has 0 radical (unpaired) electrons. The molecular formula is C57H62N5O17S5+. The molecule has 0 bridgehead atoms. The van der Waals surface area contributed by atoms with Gasteiger partial charge < -0.3 is 25.5 Å². The fraction of sp³-hybridized carbons (Fsp3) is 0.351. The molecule has 0 aromatic heterocycles. The number of carbonyl (C=O) groups is 4. The zero-order chi connectivity index (χ0) is 61.6. The number of unbranched alkanes of at least 4 members (excludes halogenated alkanes) is 2. The molecule has 0 saturated carbocycles. The van der Waals surface area contributed by atoms with Gasteiger partial charge in [-0.3, -0.25) is 32.6 Å². The number of anilines is 1. The molecule has 4 atom stereocenters. The topological polar surface area (TPSA) is 340 Å². The number of nitrogens with one attached hydrogen (secondary N) is 2. The monoisotopic (exact) mass is 1250 g/mol. The van der Waals surface area contributed by atoms with Crippen molar-refractivity contribution in [3.63, 3.8) is 0 Å². The maximum Gasteiger partial charge on any atom is 0.327 e. The van der Waals surface area contributed by atoms with E-state index in [9.17, 15) is 76.2 Å². The highest BCUT2D eigenvalue weighted by Gasteiger charge is 2.64. The number of hydrogen-bond acceptors (Lipinski definition) is 14. The molecule has 5 aromatic rings. The van der Waals surface area contributed by atoms with Crippen LogP contribution in [0.1, 0.15) is 96.9 Å². The van der Waals surface area contributed by atoms with E-state index in [1.54, 1.807) is 74.5 Å². The van der Waals surface area contributed by atoms with Crippen LogP contribution in [0.2, 0.25) is 0 Å². The van der Waals surface area contributed by atoms with Crippen LogP contribution in [-0.2, 0) is 70.5 Å². The lowest BCUT2D eigenvalue weighted by molar-refractivity contribution is -0.438. The Kier molecular flexibility index (Phi) is 16.1. The van der Waals surface area contributed by atoms with Gasteiger partial charge in [-0.1, -0.05) is 68.5 Å². The Hall–Kier alpha value is -6.82. The van der Waals surface area contributed by atoms with Crippen LogP contribution in [0.25, 0.3) is 21.5 Å². The highest BCUT2D eigenvalue weighted by molar-refractivity contribution is 8.01. The third-order valence-corrected chi connectivity index (χ3v) is 21.0. The molecule has 446 valence electrons. The third-order valence-electron chi connectivity index (χ3n) is 15.9. The van der Waals surface area contributed by atoms with Gasteiger partial charge in [0, 0.05) is 69.4 Å². The van der Waals surface area contributed by atoms with E-state index in [4.69, 9.17) is 0 Å². The SMILES string of the molecule is CCN1\C(=C/C=C/C=C/C2=[N+](CCCCCC(=O)NC(C(=O)N[C@@H]3C(=O)N4[C@@H]3SC(C)(C)[C@@H]4C(=O)O)c3ccccc3)c3ccc4c(S(=O)(=O)O)cc(S(=O)(=O)O)cc4c3C2(C)C)C(C)(C)c2c1ccc1c(S(=O)(=O)O)cc(S(=O)(=O)O)cc21. The molecule has 2 saturated heterocycles. The Morgan fingerprint density at radius 2 is 1.29 bits per heavy atom. The number of carboxylic acids is 1. The zero-order valence-electron chi connectivity index (χ0n) is 46.5. The lowest BCUT2D eigenvalue weighted by atomic mass is 9.79. The van der Waals surface area contributed by atoms with E-state index >= 15 is 0 Å². The van der Waals surface area contributed by atoms with Gasteiger partial charge >= 0.3 is 5.97 Å². The molecule has 7 N–H and O–H groups in total. The molecule has 9 rings (SSSR count). The normalized spacial score (nSPS) is 20.9. The quantitative estimate of drug-likeness (QED) is 0.0141. The second-order valence-corrected chi connectivity index (χ2v) is 29.9. The standard InChI is InChI=1S/C57H61N5O17S5/c1-8-60-39-25-23-35-37(28-33(81(68,69)70)30-41(35)83(74,75)76)46(39)55(2,3)43(60)20-14-10-15-21-44-56(4,5)47-38-29-34(82(71,72)73)31-42(84(77,78)79)36(38)24-26-40(47)61(44)27-17-11-16-22-45(63)58-48(32-18-12-9-13-19-32)51(64)59-49-52(65)62-50(54(66)67)57(6,7)80-53(49)62/h9-10,12-15,18-21,23-26,28-31,48-50,53H,8,11,16-17,22,27H2,1-7H3,(H6-,58,59,63,64,66,67,68,69,70,71,72,73,74,75,76,77,78,79)/p+1/t48?,49-,50+,53-/m1/s1. The molecule has 2 fully saturated rings. The zero-order valence-corrected chi connectivity index (χ0v) is 50.5. The van der Waals surface area contributed by atoms with Crippen LogP contribution in [0.15, 0.2) is 135 Å². The maximum absolute atomic E-state index is 13.9. The van der Waals surface area contributed by atoms with E-state index < -0.39 is 123 Å². The van der Waals surface area contributed by atoms with Gasteiger partial charge in [0.2, 0.25) is 23.4 Å². The summed E-state index contributed by atoms with van der Waals surface area (Å²) in [7, 11) is -19.9. The molecule has 4 aliphatic heterocycles. The highest BCUT2D eigenvalue weighted by Crippen LogP contribution is 2.53. The summed E-state index contributed by atoms with van der Waals surface area (Å²) >= 11 is 1.27. The average Bonchev–Trinajstić information content (AvgIpc) is 2.64. The minimum Gasteiger partial charge on any atom is -0.480 e. The minimum absolute atomic E-state index is 0.00627. The summed E-state index contributed by atoms with van der Waals surface area (Å²) in [4.78, 5) is 53.2. The number of nitrogens with zero attached hydrogens (tertiary/aromatic N) is 3. The summed E-state index contributed by atoms with van der Waals surface area (Å²) in [6, 6.07) is 15.1. The largest absolute Gasteiger partial charge is 0.480 e. The Morgan fingerprint density at radius 1 is 0.702 bits per heavy atom. The molecule has 4 heterocycles. The number of carbonyl (C=O) groups excluding carboxylic acids is 3. The summed E-state index contributed by atoms with van der Waals surface area (Å²) < 4.78 is 142. The van der Waals surface area contributed by atoms with Crippen LogP contribution >= 0.6 is 11.8 Å². The minimum atomic E-state index is -5.04. The van der Waals surface area contributed by atoms with Crippen molar-refractivity contribution in [1.29, 1.82) is 0 Å². The molecule has 0 spiro atoms. The summed E-state index contributed by atoms with van der Waals surface area (Å²) in [5, 5.41) is 15.2. The van der Waals surface area contributed by atoms with Crippen LogP contribution in [0.5, 0.6) is 0 Å². The number of amides is 3. The third kappa shape index (κ3) is 11.2. The van der Waals surface area contributed by atoms with Gasteiger partial charge in [0.1, 0.15) is 39.8 Å². The molecule has 5 aromatic carbocycles. The van der Waals surface area contributed by atoms with Crippen molar-refractivity contribution in [2.24, 2.45) is 0 Å². The van der Waals surface area contributed by atoms with Crippen LogP contribution in [0.3, 0.4) is 0 Å². The number of thioether (sulfide) groups is 1. The van der Waals surface area contributed by atoms with Crippen LogP contribution in [-0.4, -0.2) is 131 Å². The lowest BCUT2D eigenvalue weighted by Crippen LogP contribution is -2.71. The first-order valence-corrected chi connectivity index (χ1v) is 33.1. The van der Waals surface area contributed by atoms with Crippen molar-refractivity contribution in [1.82, 2.24) is 15.5 Å². The summed E-state index contributed by atoms with van der Waals surface area (Å²) in [6.07, 6.45) is 10.2.